The Balaban J connectivity index is 2.15. The highest BCUT2D eigenvalue weighted by Gasteiger charge is 2.18. The molecule has 0 bridgehead atoms. The largest absolute Gasteiger partial charge is 0.368 e. The molecule has 5 N–H and O–H groups in total. The van der Waals surface area contributed by atoms with Crippen molar-refractivity contribution in [2.45, 2.75) is 26.7 Å². The summed E-state index contributed by atoms with van der Waals surface area (Å²) in [5, 5.41) is 13.3. The van der Waals surface area contributed by atoms with Crippen LogP contribution in [0.5, 0.6) is 0 Å². The molecule has 132 valence electrons. The number of aromatic nitrogens is 3. The van der Waals surface area contributed by atoms with Crippen LogP contribution < -0.4 is 16.8 Å². The lowest BCUT2D eigenvalue weighted by molar-refractivity contribution is 0.250. The smallest absolute Gasteiger partial charge is 0.323 e. The Labute approximate surface area is 150 Å². The molecule has 1 amide bonds. The number of amides is 1. The summed E-state index contributed by atoms with van der Waals surface area (Å²) in [5.41, 5.74) is 15.0. The zero-order chi connectivity index (χ0) is 18.8. The number of nitrogens with zero attached hydrogens (tertiary/aromatic N) is 4. The van der Waals surface area contributed by atoms with E-state index >= 15 is 0 Å². The molecule has 0 radical (unpaired) electrons. The van der Waals surface area contributed by atoms with Crippen LogP contribution in [0, 0.1) is 11.3 Å². The van der Waals surface area contributed by atoms with E-state index in [1.165, 1.54) is 6.20 Å². The fourth-order valence-corrected chi connectivity index (χ4v) is 3.21. The standard InChI is InChI=1S/C18H19N7O/c1-3-12-13-7-11(23-16-10(8-19)9-22-17(20)24-16)5-6-15(13)25(18(21)26)14(12)4-2/h5-7,9H,3-4H2,1-2H3,(H2,21,26)(H3,20,22,23,24). The van der Waals surface area contributed by atoms with Crippen molar-refractivity contribution >= 4 is 34.4 Å². The molecule has 1 aromatic carbocycles. The number of hydrogen-bond donors (Lipinski definition) is 3. The Morgan fingerprint density at radius 3 is 2.73 bits per heavy atom. The number of benzene rings is 1. The minimum Gasteiger partial charge on any atom is -0.368 e. The van der Waals surface area contributed by atoms with Crippen LogP contribution in [0.25, 0.3) is 10.9 Å². The van der Waals surface area contributed by atoms with Crippen LogP contribution in [0.3, 0.4) is 0 Å². The third-order valence-electron chi connectivity index (χ3n) is 4.28. The van der Waals surface area contributed by atoms with Gasteiger partial charge in [0, 0.05) is 16.8 Å². The third-order valence-corrected chi connectivity index (χ3v) is 4.28. The summed E-state index contributed by atoms with van der Waals surface area (Å²) in [6, 6.07) is 7.09. The Bertz CT molecular complexity index is 1050. The van der Waals surface area contributed by atoms with Gasteiger partial charge < -0.3 is 16.8 Å². The summed E-state index contributed by atoms with van der Waals surface area (Å²) in [4.78, 5) is 19.8. The number of carbonyl (C=O) groups excluding carboxylic acids is 1. The average molecular weight is 349 g/mol. The Morgan fingerprint density at radius 1 is 1.35 bits per heavy atom. The van der Waals surface area contributed by atoms with E-state index in [1.54, 1.807) is 10.6 Å². The third kappa shape index (κ3) is 2.80. The van der Waals surface area contributed by atoms with E-state index in [0.29, 0.717) is 17.8 Å². The molecular weight excluding hydrogens is 330 g/mol. The van der Waals surface area contributed by atoms with Gasteiger partial charge in [-0.1, -0.05) is 13.8 Å². The number of fused-ring (bicyclic) bond motifs is 1. The lowest BCUT2D eigenvalue weighted by Crippen LogP contribution is -2.21. The number of aryl methyl sites for hydroxylation is 1. The molecule has 0 saturated carbocycles. The predicted molar refractivity (Wildman–Crippen MR) is 100 cm³/mol. The Hall–Kier alpha value is -3.60. The van der Waals surface area contributed by atoms with Crippen molar-refractivity contribution < 1.29 is 4.79 Å². The molecule has 0 aliphatic heterocycles. The highest BCUT2D eigenvalue weighted by Crippen LogP contribution is 2.31. The SMILES string of the molecule is CCc1c(CC)n(C(N)=O)c2ccc(Nc3nc(N)ncc3C#N)cc12. The van der Waals surface area contributed by atoms with E-state index in [1.807, 2.05) is 32.0 Å². The van der Waals surface area contributed by atoms with E-state index in [2.05, 4.69) is 15.3 Å². The first-order chi connectivity index (χ1) is 12.5. The van der Waals surface area contributed by atoms with Gasteiger partial charge in [0.25, 0.3) is 0 Å². The molecule has 0 fully saturated rings. The number of nitriles is 1. The van der Waals surface area contributed by atoms with Crippen molar-refractivity contribution in [1.82, 2.24) is 14.5 Å². The molecule has 0 spiro atoms. The molecule has 26 heavy (non-hydrogen) atoms. The molecule has 3 rings (SSSR count). The first-order valence-corrected chi connectivity index (χ1v) is 8.25. The highest BCUT2D eigenvalue weighted by atomic mass is 16.2. The van der Waals surface area contributed by atoms with Crippen LogP contribution in [0.1, 0.15) is 30.7 Å². The van der Waals surface area contributed by atoms with Crippen LogP contribution in [0.2, 0.25) is 0 Å². The maximum absolute atomic E-state index is 11.9. The summed E-state index contributed by atoms with van der Waals surface area (Å²) in [5.74, 6) is 0.414. The van der Waals surface area contributed by atoms with Crippen molar-refractivity contribution in [3.63, 3.8) is 0 Å². The van der Waals surface area contributed by atoms with Gasteiger partial charge >= 0.3 is 6.03 Å². The Morgan fingerprint density at radius 2 is 2.12 bits per heavy atom. The number of nitrogen functional groups attached to an aromatic ring is 1. The second-order valence-electron chi connectivity index (χ2n) is 5.77. The first-order valence-electron chi connectivity index (χ1n) is 8.25. The molecule has 0 saturated heterocycles. The van der Waals surface area contributed by atoms with Gasteiger partial charge in [-0.15, -0.1) is 0 Å². The first kappa shape index (κ1) is 17.2. The second-order valence-corrected chi connectivity index (χ2v) is 5.77. The van der Waals surface area contributed by atoms with E-state index in [4.69, 9.17) is 11.5 Å². The van der Waals surface area contributed by atoms with Crippen molar-refractivity contribution in [2.75, 3.05) is 11.1 Å². The molecule has 0 atom stereocenters. The van der Waals surface area contributed by atoms with Gasteiger partial charge in [0.2, 0.25) is 5.95 Å². The van der Waals surface area contributed by atoms with E-state index in [-0.39, 0.29) is 5.95 Å². The highest BCUT2D eigenvalue weighted by molar-refractivity contribution is 5.96. The summed E-state index contributed by atoms with van der Waals surface area (Å²) in [6.45, 7) is 4.03. The monoisotopic (exact) mass is 349 g/mol. The van der Waals surface area contributed by atoms with Crippen LogP contribution in [-0.4, -0.2) is 20.6 Å². The number of nitrogens with one attached hydrogen (secondary N) is 1. The van der Waals surface area contributed by atoms with Gasteiger partial charge in [-0.3, -0.25) is 4.57 Å². The number of nitrogens with two attached hydrogens (primary N) is 2. The summed E-state index contributed by atoms with van der Waals surface area (Å²) >= 11 is 0. The maximum Gasteiger partial charge on any atom is 0.323 e. The molecule has 8 heteroatoms. The van der Waals surface area contributed by atoms with Gasteiger partial charge in [0.1, 0.15) is 11.6 Å². The van der Waals surface area contributed by atoms with Crippen molar-refractivity contribution in [2.24, 2.45) is 5.73 Å². The van der Waals surface area contributed by atoms with E-state index in [0.717, 1.165) is 34.3 Å². The molecule has 2 aromatic heterocycles. The second kappa shape index (κ2) is 6.72. The zero-order valence-corrected chi connectivity index (χ0v) is 14.6. The van der Waals surface area contributed by atoms with Gasteiger partial charge in [0.15, 0.2) is 5.82 Å². The number of hydrogen-bond acceptors (Lipinski definition) is 6. The van der Waals surface area contributed by atoms with Gasteiger partial charge in [0.05, 0.1) is 11.7 Å². The average Bonchev–Trinajstić information content (AvgIpc) is 2.94. The molecule has 8 nitrogen and oxygen atoms in total. The van der Waals surface area contributed by atoms with Crippen LogP contribution in [0.15, 0.2) is 24.4 Å². The lowest BCUT2D eigenvalue weighted by Gasteiger charge is -2.08. The number of anilines is 3. The lowest BCUT2D eigenvalue weighted by atomic mass is 10.1. The molecule has 0 aliphatic rings. The van der Waals surface area contributed by atoms with Crippen molar-refractivity contribution in [3.05, 3.63) is 41.2 Å². The maximum atomic E-state index is 11.9. The molecule has 2 heterocycles. The molecule has 0 unspecified atom stereocenters. The van der Waals surface area contributed by atoms with E-state index < -0.39 is 6.03 Å². The fraction of sp³-hybridized carbons (Fsp3) is 0.222. The number of primary amides is 1. The molecule has 0 aliphatic carbocycles. The topological polar surface area (TPSA) is 136 Å². The van der Waals surface area contributed by atoms with Gasteiger partial charge in [-0.05, 0) is 36.6 Å². The van der Waals surface area contributed by atoms with Crippen molar-refractivity contribution in [1.29, 1.82) is 5.26 Å². The summed E-state index contributed by atoms with van der Waals surface area (Å²) in [7, 11) is 0. The van der Waals surface area contributed by atoms with Crippen LogP contribution in [-0.2, 0) is 12.8 Å². The molecule has 3 aromatic rings. The summed E-state index contributed by atoms with van der Waals surface area (Å²) < 4.78 is 1.56. The van der Waals surface area contributed by atoms with E-state index in [9.17, 15) is 10.1 Å². The zero-order valence-electron chi connectivity index (χ0n) is 14.6. The molecular formula is C18H19N7O. The van der Waals surface area contributed by atoms with Gasteiger partial charge in [-0.25, -0.2) is 9.78 Å². The van der Waals surface area contributed by atoms with Crippen LogP contribution in [0.4, 0.5) is 22.2 Å². The summed E-state index contributed by atoms with van der Waals surface area (Å²) in [6.07, 6.45) is 2.84. The van der Waals surface area contributed by atoms with Crippen LogP contribution >= 0.6 is 0 Å². The number of rotatable bonds is 4. The normalized spacial score (nSPS) is 10.7. The minimum absolute atomic E-state index is 0.0787. The van der Waals surface area contributed by atoms with Gasteiger partial charge in [-0.2, -0.15) is 10.2 Å². The Kier molecular flexibility index (Phi) is 4.45. The quantitative estimate of drug-likeness (QED) is 0.662. The number of carbonyl (C=O) groups is 1. The van der Waals surface area contributed by atoms with Crippen molar-refractivity contribution in [3.8, 4) is 6.07 Å². The predicted octanol–water partition coefficient (Wildman–Crippen LogP) is 2.68. The minimum atomic E-state index is -0.498. The fourth-order valence-electron chi connectivity index (χ4n) is 3.21.